The third kappa shape index (κ3) is 3.41. The zero-order valence-electron chi connectivity index (χ0n) is 12.1. The Kier molecular flexibility index (Phi) is 4.95. The summed E-state index contributed by atoms with van der Waals surface area (Å²) in [5, 5.41) is 0. The molecule has 4 heteroatoms. The van der Waals surface area contributed by atoms with Gasteiger partial charge < -0.3 is 15.2 Å². The summed E-state index contributed by atoms with van der Waals surface area (Å²) in [4.78, 5) is 2.41. The van der Waals surface area contributed by atoms with Crippen LogP contribution >= 0.6 is 0 Å². The first-order chi connectivity index (χ1) is 7.81. The number of rotatable bonds is 4. The van der Waals surface area contributed by atoms with Crippen LogP contribution in [0.2, 0.25) is 0 Å². The SMILES string of the molecule is COC1CN(C(C(C)N)C(C)(C)C)CC1OC. The van der Waals surface area contributed by atoms with Crippen LogP contribution in [-0.2, 0) is 9.47 Å². The molecule has 0 amide bonds. The van der Waals surface area contributed by atoms with Crippen LogP contribution in [0.4, 0.5) is 0 Å². The van der Waals surface area contributed by atoms with Crippen molar-refractivity contribution in [3.05, 3.63) is 0 Å². The van der Waals surface area contributed by atoms with Gasteiger partial charge in [0.15, 0.2) is 0 Å². The van der Waals surface area contributed by atoms with Crippen molar-refractivity contribution in [2.24, 2.45) is 11.1 Å². The van der Waals surface area contributed by atoms with E-state index in [1.54, 1.807) is 14.2 Å². The number of likely N-dealkylation sites (tertiary alicyclic amines) is 1. The molecule has 4 unspecified atom stereocenters. The number of ether oxygens (including phenoxy) is 2. The molecule has 0 aromatic carbocycles. The number of nitrogens with zero attached hydrogens (tertiary/aromatic N) is 1. The molecule has 4 nitrogen and oxygen atoms in total. The first-order valence-electron chi connectivity index (χ1n) is 6.36. The smallest absolute Gasteiger partial charge is 0.0971 e. The minimum atomic E-state index is 0.142. The first kappa shape index (κ1) is 14.9. The lowest BCUT2D eigenvalue weighted by molar-refractivity contribution is -0.00461. The number of hydrogen-bond donors (Lipinski definition) is 1. The van der Waals surface area contributed by atoms with Crippen molar-refractivity contribution in [1.29, 1.82) is 0 Å². The largest absolute Gasteiger partial charge is 0.377 e. The van der Waals surface area contributed by atoms with Crippen LogP contribution in [-0.4, -0.2) is 56.5 Å². The Balaban J connectivity index is 2.78. The summed E-state index contributed by atoms with van der Waals surface area (Å²) < 4.78 is 11.0. The van der Waals surface area contributed by atoms with Crippen molar-refractivity contribution in [2.75, 3.05) is 27.3 Å². The van der Waals surface area contributed by atoms with E-state index in [0.717, 1.165) is 13.1 Å². The normalized spacial score (nSPS) is 30.5. The molecule has 0 aliphatic carbocycles. The van der Waals surface area contributed by atoms with Crippen LogP contribution in [0.15, 0.2) is 0 Å². The van der Waals surface area contributed by atoms with E-state index in [2.05, 4.69) is 32.6 Å². The highest BCUT2D eigenvalue weighted by atomic mass is 16.5. The Morgan fingerprint density at radius 1 is 1.12 bits per heavy atom. The quantitative estimate of drug-likeness (QED) is 0.804. The lowest BCUT2D eigenvalue weighted by Crippen LogP contribution is -2.53. The molecule has 0 radical (unpaired) electrons. The summed E-state index contributed by atoms with van der Waals surface area (Å²) in [6, 6.07) is 0.489. The molecular formula is C13H28N2O2. The van der Waals surface area contributed by atoms with Crippen molar-refractivity contribution in [2.45, 2.75) is 52.0 Å². The number of nitrogens with two attached hydrogens (primary N) is 1. The molecule has 1 saturated heterocycles. The highest BCUT2D eigenvalue weighted by molar-refractivity contribution is 4.96. The van der Waals surface area contributed by atoms with E-state index in [-0.39, 0.29) is 23.7 Å². The Bertz CT molecular complexity index is 226. The van der Waals surface area contributed by atoms with E-state index in [1.807, 2.05) is 0 Å². The third-order valence-corrected chi connectivity index (χ3v) is 3.63. The van der Waals surface area contributed by atoms with Crippen LogP contribution in [0.25, 0.3) is 0 Å². The monoisotopic (exact) mass is 244 g/mol. The minimum absolute atomic E-state index is 0.142. The van der Waals surface area contributed by atoms with Gasteiger partial charge in [-0.15, -0.1) is 0 Å². The molecule has 1 heterocycles. The van der Waals surface area contributed by atoms with Crippen molar-refractivity contribution in [3.8, 4) is 0 Å². The predicted octanol–water partition coefficient (Wildman–Crippen LogP) is 1.09. The van der Waals surface area contributed by atoms with Gasteiger partial charge in [-0.3, -0.25) is 4.90 Å². The van der Waals surface area contributed by atoms with E-state index in [9.17, 15) is 0 Å². The lowest BCUT2D eigenvalue weighted by Gasteiger charge is -2.40. The van der Waals surface area contributed by atoms with Crippen LogP contribution in [0.3, 0.4) is 0 Å². The summed E-state index contributed by atoms with van der Waals surface area (Å²) in [6.45, 7) is 10.6. The van der Waals surface area contributed by atoms with Crippen molar-refractivity contribution < 1.29 is 9.47 Å². The van der Waals surface area contributed by atoms with Gasteiger partial charge in [0, 0.05) is 39.4 Å². The van der Waals surface area contributed by atoms with E-state index in [0.29, 0.717) is 6.04 Å². The molecular weight excluding hydrogens is 216 g/mol. The molecule has 1 fully saturated rings. The Labute approximate surface area is 105 Å². The molecule has 2 N–H and O–H groups in total. The molecule has 0 spiro atoms. The summed E-state index contributed by atoms with van der Waals surface area (Å²) >= 11 is 0. The van der Waals surface area contributed by atoms with Crippen molar-refractivity contribution >= 4 is 0 Å². The van der Waals surface area contributed by atoms with Gasteiger partial charge in [0.05, 0.1) is 12.2 Å². The van der Waals surface area contributed by atoms with E-state index in [4.69, 9.17) is 15.2 Å². The van der Waals surface area contributed by atoms with Gasteiger partial charge in [-0.25, -0.2) is 0 Å². The van der Waals surface area contributed by atoms with Gasteiger partial charge in [0.1, 0.15) is 0 Å². The van der Waals surface area contributed by atoms with E-state index < -0.39 is 0 Å². The van der Waals surface area contributed by atoms with Crippen LogP contribution < -0.4 is 5.73 Å². The highest BCUT2D eigenvalue weighted by Gasteiger charge is 2.41. The topological polar surface area (TPSA) is 47.7 Å². The van der Waals surface area contributed by atoms with Gasteiger partial charge in [-0.2, -0.15) is 0 Å². The summed E-state index contributed by atoms with van der Waals surface area (Å²) in [5.41, 5.74) is 6.31. The molecule has 0 aromatic rings. The fourth-order valence-electron chi connectivity index (χ4n) is 3.12. The zero-order chi connectivity index (χ0) is 13.2. The number of methoxy groups -OCH3 is 2. The first-order valence-corrected chi connectivity index (χ1v) is 6.36. The molecule has 0 saturated carbocycles. The maximum absolute atomic E-state index is 6.15. The molecule has 1 aliphatic heterocycles. The fraction of sp³-hybridized carbons (Fsp3) is 1.00. The second-order valence-corrected chi connectivity index (χ2v) is 6.17. The second-order valence-electron chi connectivity index (χ2n) is 6.17. The van der Waals surface area contributed by atoms with E-state index in [1.165, 1.54) is 0 Å². The van der Waals surface area contributed by atoms with Crippen LogP contribution in [0.5, 0.6) is 0 Å². The maximum atomic E-state index is 6.15. The summed E-state index contributed by atoms with van der Waals surface area (Å²) in [5.74, 6) is 0. The minimum Gasteiger partial charge on any atom is -0.377 e. The molecule has 1 aliphatic rings. The standard InChI is InChI=1S/C13H28N2O2/c1-9(14)12(13(2,3)4)15-7-10(16-5)11(8-15)17-6/h9-12H,7-8,14H2,1-6H3. The molecule has 102 valence electrons. The Morgan fingerprint density at radius 3 is 1.76 bits per heavy atom. The third-order valence-electron chi connectivity index (χ3n) is 3.63. The summed E-state index contributed by atoms with van der Waals surface area (Å²) in [6.07, 6.45) is 0.312. The molecule has 1 rings (SSSR count). The average molecular weight is 244 g/mol. The van der Waals surface area contributed by atoms with Gasteiger partial charge in [0.2, 0.25) is 0 Å². The van der Waals surface area contributed by atoms with Gasteiger partial charge >= 0.3 is 0 Å². The average Bonchev–Trinajstić information content (AvgIpc) is 2.57. The van der Waals surface area contributed by atoms with E-state index >= 15 is 0 Å². The van der Waals surface area contributed by atoms with Gasteiger partial charge in [-0.1, -0.05) is 20.8 Å². The number of hydrogen-bond acceptors (Lipinski definition) is 4. The lowest BCUT2D eigenvalue weighted by atomic mass is 9.82. The molecule has 0 aromatic heterocycles. The van der Waals surface area contributed by atoms with Crippen LogP contribution in [0.1, 0.15) is 27.7 Å². The molecule has 0 bridgehead atoms. The van der Waals surface area contributed by atoms with Gasteiger partial charge in [-0.05, 0) is 12.3 Å². The predicted molar refractivity (Wildman–Crippen MR) is 70.1 cm³/mol. The Morgan fingerprint density at radius 2 is 1.53 bits per heavy atom. The second kappa shape index (κ2) is 5.65. The Hall–Kier alpha value is -0.160. The molecule has 17 heavy (non-hydrogen) atoms. The maximum Gasteiger partial charge on any atom is 0.0971 e. The fourth-order valence-corrected chi connectivity index (χ4v) is 3.12. The zero-order valence-corrected chi connectivity index (χ0v) is 12.1. The van der Waals surface area contributed by atoms with Gasteiger partial charge in [0.25, 0.3) is 0 Å². The van der Waals surface area contributed by atoms with Crippen molar-refractivity contribution in [1.82, 2.24) is 4.90 Å². The van der Waals surface area contributed by atoms with Crippen LogP contribution in [0, 0.1) is 5.41 Å². The van der Waals surface area contributed by atoms with Crippen molar-refractivity contribution in [3.63, 3.8) is 0 Å². The summed E-state index contributed by atoms with van der Waals surface area (Å²) in [7, 11) is 3.50. The highest BCUT2D eigenvalue weighted by Crippen LogP contribution is 2.30. The molecule has 4 atom stereocenters.